The summed E-state index contributed by atoms with van der Waals surface area (Å²) in [7, 11) is -3.29. The summed E-state index contributed by atoms with van der Waals surface area (Å²) in [5, 5.41) is -0.383. The molecule has 0 atom stereocenters. The SMILES string of the molecule is CCOC(=O)C1CCC(S(=O)(=O)c2ccc(C)cc2)CC1. The molecule has 21 heavy (non-hydrogen) atoms. The standard InChI is InChI=1S/C16H22O4S/c1-3-20-16(17)13-6-10-15(11-7-13)21(18,19)14-8-4-12(2)5-9-14/h4-5,8-9,13,15H,3,6-7,10-11H2,1-2H3. The Balaban J connectivity index is 2.04. The van der Waals surface area contributed by atoms with Crippen LogP contribution in [0, 0.1) is 12.8 Å². The van der Waals surface area contributed by atoms with E-state index < -0.39 is 9.84 Å². The normalized spacial score (nSPS) is 22.8. The van der Waals surface area contributed by atoms with Crippen molar-refractivity contribution in [1.82, 2.24) is 0 Å². The number of hydrogen-bond donors (Lipinski definition) is 0. The average Bonchev–Trinajstić information content (AvgIpc) is 2.48. The van der Waals surface area contributed by atoms with Crippen molar-refractivity contribution in [2.45, 2.75) is 49.7 Å². The van der Waals surface area contributed by atoms with Gasteiger partial charge in [0.2, 0.25) is 0 Å². The molecule has 0 unspecified atom stereocenters. The molecular formula is C16H22O4S. The van der Waals surface area contributed by atoms with E-state index in [-0.39, 0.29) is 17.1 Å². The van der Waals surface area contributed by atoms with Crippen molar-refractivity contribution in [3.63, 3.8) is 0 Å². The van der Waals surface area contributed by atoms with E-state index in [0.29, 0.717) is 37.2 Å². The van der Waals surface area contributed by atoms with Crippen LogP contribution in [0.2, 0.25) is 0 Å². The minimum Gasteiger partial charge on any atom is -0.466 e. The highest BCUT2D eigenvalue weighted by molar-refractivity contribution is 7.92. The molecule has 0 aliphatic heterocycles. The number of rotatable bonds is 4. The van der Waals surface area contributed by atoms with E-state index in [9.17, 15) is 13.2 Å². The lowest BCUT2D eigenvalue weighted by atomic mass is 9.89. The molecule has 1 fully saturated rings. The minimum atomic E-state index is -3.29. The Kier molecular flexibility index (Phi) is 5.04. The van der Waals surface area contributed by atoms with Crippen molar-refractivity contribution in [2.24, 2.45) is 5.92 Å². The van der Waals surface area contributed by atoms with Gasteiger partial charge in [0.05, 0.1) is 22.7 Å². The summed E-state index contributed by atoms with van der Waals surface area (Å²) in [5.41, 5.74) is 1.04. The third kappa shape index (κ3) is 3.64. The first-order chi connectivity index (χ1) is 9.95. The van der Waals surface area contributed by atoms with E-state index >= 15 is 0 Å². The monoisotopic (exact) mass is 310 g/mol. The second-order valence-corrected chi connectivity index (χ2v) is 7.81. The molecule has 2 rings (SSSR count). The summed E-state index contributed by atoms with van der Waals surface area (Å²) in [4.78, 5) is 12.1. The average molecular weight is 310 g/mol. The first kappa shape index (κ1) is 16.0. The summed E-state index contributed by atoms with van der Waals surface area (Å²) in [6.07, 6.45) is 2.24. The number of carbonyl (C=O) groups is 1. The van der Waals surface area contributed by atoms with Gasteiger partial charge < -0.3 is 4.74 Å². The maximum atomic E-state index is 12.6. The molecule has 5 heteroatoms. The van der Waals surface area contributed by atoms with E-state index in [1.807, 2.05) is 19.1 Å². The predicted molar refractivity (Wildman–Crippen MR) is 80.7 cm³/mol. The summed E-state index contributed by atoms with van der Waals surface area (Å²) < 4.78 is 30.2. The number of hydrogen-bond acceptors (Lipinski definition) is 4. The van der Waals surface area contributed by atoms with Gasteiger partial charge in [0, 0.05) is 0 Å². The Morgan fingerprint density at radius 3 is 2.24 bits per heavy atom. The summed E-state index contributed by atoms with van der Waals surface area (Å²) in [6, 6.07) is 6.97. The fourth-order valence-corrected chi connectivity index (χ4v) is 4.58. The van der Waals surface area contributed by atoms with Crippen molar-refractivity contribution < 1.29 is 17.9 Å². The van der Waals surface area contributed by atoms with Gasteiger partial charge in [0.25, 0.3) is 0 Å². The van der Waals surface area contributed by atoms with Crippen molar-refractivity contribution >= 4 is 15.8 Å². The molecular weight excluding hydrogens is 288 g/mol. The zero-order chi connectivity index (χ0) is 15.5. The van der Waals surface area contributed by atoms with E-state index in [4.69, 9.17) is 4.74 Å². The maximum absolute atomic E-state index is 12.6. The zero-order valence-corrected chi connectivity index (χ0v) is 13.4. The van der Waals surface area contributed by atoms with Crippen molar-refractivity contribution in [3.8, 4) is 0 Å². The van der Waals surface area contributed by atoms with Crippen LogP contribution < -0.4 is 0 Å². The quantitative estimate of drug-likeness (QED) is 0.802. The highest BCUT2D eigenvalue weighted by atomic mass is 32.2. The topological polar surface area (TPSA) is 60.4 Å². The second-order valence-electron chi connectivity index (χ2n) is 5.58. The van der Waals surface area contributed by atoms with E-state index in [1.54, 1.807) is 19.1 Å². The van der Waals surface area contributed by atoms with Gasteiger partial charge >= 0.3 is 5.97 Å². The van der Waals surface area contributed by atoms with Crippen LogP contribution in [0.1, 0.15) is 38.2 Å². The van der Waals surface area contributed by atoms with Crippen LogP contribution in [0.5, 0.6) is 0 Å². The van der Waals surface area contributed by atoms with E-state index in [0.717, 1.165) is 5.56 Å². The largest absolute Gasteiger partial charge is 0.466 e. The molecule has 116 valence electrons. The first-order valence-electron chi connectivity index (χ1n) is 7.42. The fraction of sp³-hybridized carbons (Fsp3) is 0.562. The molecule has 1 saturated carbocycles. The molecule has 0 heterocycles. The van der Waals surface area contributed by atoms with Gasteiger partial charge in [0.1, 0.15) is 0 Å². The lowest BCUT2D eigenvalue weighted by Crippen LogP contribution is -2.31. The van der Waals surface area contributed by atoms with E-state index in [2.05, 4.69) is 0 Å². The van der Waals surface area contributed by atoms with Crippen LogP contribution in [-0.2, 0) is 19.4 Å². The molecule has 0 bridgehead atoms. The van der Waals surface area contributed by atoms with Gasteiger partial charge in [-0.15, -0.1) is 0 Å². The van der Waals surface area contributed by atoms with Crippen LogP contribution >= 0.6 is 0 Å². The smallest absolute Gasteiger partial charge is 0.308 e. The Labute approximate surface area is 126 Å². The minimum absolute atomic E-state index is 0.144. The number of sulfone groups is 1. The number of carbonyl (C=O) groups excluding carboxylic acids is 1. The molecule has 1 aliphatic rings. The molecule has 1 aliphatic carbocycles. The fourth-order valence-electron chi connectivity index (χ4n) is 2.79. The van der Waals surface area contributed by atoms with Gasteiger partial charge in [-0.1, -0.05) is 17.7 Å². The van der Waals surface area contributed by atoms with Gasteiger partial charge in [-0.05, 0) is 51.7 Å². The van der Waals surface area contributed by atoms with Crippen LogP contribution in [0.3, 0.4) is 0 Å². The Hall–Kier alpha value is -1.36. The van der Waals surface area contributed by atoms with Gasteiger partial charge in [-0.25, -0.2) is 8.42 Å². The number of esters is 1. The number of aryl methyl sites for hydroxylation is 1. The molecule has 0 spiro atoms. The summed E-state index contributed by atoms with van der Waals surface area (Å²) in [5.74, 6) is -0.335. The highest BCUT2D eigenvalue weighted by Crippen LogP contribution is 2.32. The van der Waals surface area contributed by atoms with Crippen molar-refractivity contribution in [1.29, 1.82) is 0 Å². The van der Waals surface area contributed by atoms with Gasteiger partial charge in [0.15, 0.2) is 9.84 Å². The van der Waals surface area contributed by atoms with Gasteiger partial charge in [-0.2, -0.15) is 0 Å². The Morgan fingerprint density at radius 2 is 1.71 bits per heavy atom. The van der Waals surface area contributed by atoms with Crippen molar-refractivity contribution in [3.05, 3.63) is 29.8 Å². The molecule has 0 radical (unpaired) electrons. The summed E-state index contributed by atoms with van der Waals surface area (Å²) >= 11 is 0. The molecule has 0 N–H and O–H groups in total. The molecule has 4 nitrogen and oxygen atoms in total. The molecule has 0 aromatic heterocycles. The lowest BCUT2D eigenvalue weighted by molar-refractivity contribution is -0.149. The second kappa shape index (κ2) is 6.60. The van der Waals surface area contributed by atoms with Crippen molar-refractivity contribution in [2.75, 3.05) is 6.61 Å². The van der Waals surface area contributed by atoms with Crippen LogP contribution in [0.25, 0.3) is 0 Å². The summed E-state index contributed by atoms with van der Waals surface area (Å²) in [6.45, 7) is 4.09. The van der Waals surface area contributed by atoms with E-state index in [1.165, 1.54) is 0 Å². The van der Waals surface area contributed by atoms with Crippen LogP contribution in [-0.4, -0.2) is 26.2 Å². The molecule has 0 saturated heterocycles. The Morgan fingerprint density at radius 1 is 1.14 bits per heavy atom. The van der Waals surface area contributed by atoms with Gasteiger partial charge in [-0.3, -0.25) is 4.79 Å². The highest BCUT2D eigenvalue weighted by Gasteiger charge is 2.34. The third-order valence-corrected chi connectivity index (χ3v) is 6.36. The zero-order valence-electron chi connectivity index (χ0n) is 12.5. The number of ether oxygens (including phenoxy) is 1. The maximum Gasteiger partial charge on any atom is 0.308 e. The van der Waals surface area contributed by atoms with Crippen LogP contribution in [0.4, 0.5) is 0 Å². The Bertz CT molecular complexity index is 581. The predicted octanol–water partition coefficient (Wildman–Crippen LogP) is 2.89. The molecule has 1 aromatic rings. The molecule has 0 amide bonds. The first-order valence-corrected chi connectivity index (χ1v) is 8.97. The lowest BCUT2D eigenvalue weighted by Gasteiger charge is -2.27. The van der Waals surface area contributed by atoms with Crippen LogP contribution in [0.15, 0.2) is 29.2 Å². The molecule has 1 aromatic carbocycles. The number of benzene rings is 1. The third-order valence-electron chi connectivity index (χ3n) is 4.08.